The summed E-state index contributed by atoms with van der Waals surface area (Å²) in [4.78, 5) is 25.4. The number of aromatic nitrogens is 1. The molecule has 3 aromatic rings. The van der Waals surface area contributed by atoms with Crippen LogP contribution in [0.15, 0.2) is 42.5 Å². The van der Waals surface area contributed by atoms with Gasteiger partial charge in [-0.1, -0.05) is 30.3 Å². The lowest BCUT2D eigenvalue weighted by atomic mass is 10.0. The van der Waals surface area contributed by atoms with E-state index < -0.39 is 5.97 Å². The molecule has 0 spiro atoms. The highest BCUT2D eigenvalue weighted by Gasteiger charge is 2.31. The van der Waals surface area contributed by atoms with Crippen LogP contribution in [0, 0.1) is 0 Å². The number of Topliss-reactive ketones (excluding diaryl/α,β-unsaturated/α-hetero) is 1. The summed E-state index contributed by atoms with van der Waals surface area (Å²) in [7, 11) is 0. The van der Waals surface area contributed by atoms with E-state index in [0.29, 0.717) is 11.3 Å². The van der Waals surface area contributed by atoms with Crippen LogP contribution in [0.3, 0.4) is 0 Å². The molecule has 29 heavy (non-hydrogen) atoms. The number of rotatable bonds is 4. The number of carbonyl (C=O) groups excluding carboxylic acids is 2. The van der Waals surface area contributed by atoms with E-state index in [4.69, 9.17) is 9.47 Å². The fourth-order valence-electron chi connectivity index (χ4n) is 4.43. The zero-order valence-corrected chi connectivity index (χ0v) is 16.2. The molecule has 2 aliphatic rings. The van der Waals surface area contributed by atoms with Crippen molar-refractivity contribution in [1.82, 2.24) is 9.88 Å². The highest BCUT2D eigenvalue weighted by Crippen LogP contribution is 2.36. The van der Waals surface area contributed by atoms with Gasteiger partial charge in [-0.25, -0.2) is 4.79 Å². The summed E-state index contributed by atoms with van der Waals surface area (Å²) < 4.78 is 13.4. The van der Waals surface area contributed by atoms with E-state index in [1.165, 1.54) is 0 Å². The van der Waals surface area contributed by atoms with Crippen LogP contribution in [0.1, 0.15) is 45.0 Å². The lowest BCUT2D eigenvalue weighted by molar-refractivity contribution is 0.0419. The summed E-state index contributed by atoms with van der Waals surface area (Å²) in [6.45, 7) is 4.27. The van der Waals surface area contributed by atoms with Gasteiger partial charge in [0.05, 0.1) is 5.56 Å². The van der Waals surface area contributed by atoms with Crippen LogP contribution >= 0.6 is 0 Å². The molecule has 148 valence electrons. The zero-order chi connectivity index (χ0) is 20.0. The Labute approximate surface area is 168 Å². The van der Waals surface area contributed by atoms with Crippen molar-refractivity contribution in [3.63, 3.8) is 0 Å². The SMILES string of the molecule is CC1OC(=O)c2c(OCC(=O)c3c4n(c5ccccc35)CCNCC4)cccc21. The van der Waals surface area contributed by atoms with Crippen molar-refractivity contribution in [1.29, 1.82) is 0 Å². The number of carbonyl (C=O) groups is 2. The molecule has 6 nitrogen and oxygen atoms in total. The Balaban J connectivity index is 1.48. The monoisotopic (exact) mass is 390 g/mol. The normalized spacial score (nSPS) is 18.1. The number of nitrogens with one attached hydrogen (secondary N) is 1. The number of para-hydroxylation sites is 1. The van der Waals surface area contributed by atoms with Crippen molar-refractivity contribution in [2.75, 3.05) is 19.7 Å². The molecule has 6 heteroatoms. The van der Waals surface area contributed by atoms with Crippen LogP contribution in [0.4, 0.5) is 0 Å². The van der Waals surface area contributed by atoms with E-state index in [1.807, 2.05) is 37.3 Å². The minimum absolute atomic E-state index is 0.0751. The van der Waals surface area contributed by atoms with Crippen molar-refractivity contribution in [3.8, 4) is 5.75 Å². The third-order valence-electron chi connectivity index (χ3n) is 5.75. The lowest BCUT2D eigenvalue weighted by Crippen LogP contribution is -2.18. The Kier molecular flexibility index (Phi) is 4.36. The van der Waals surface area contributed by atoms with Crippen molar-refractivity contribution in [3.05, 3.63) is 64.8 Å². The van der Waals surface area contributed by atoms with Gasteiger partial charge in [0.2, 0.25) is 5.78 Å². The number of fused-ring (bicyclic) bond motifs is 4. The van der Waals surface area contributed by atoms with Crippen LogP contribution in [0.5, 0.6) is 5.75 Å². The molecule has 1 atom stereocenters. The van der Waals surface area contributed by atoms with E-state index >= 15 is 0 Å². The minimum atomic E-state index is -0.398. The Hall–Kier alpha value is -3.12. The predicted octanol–water partition coefficient (Wildman–Crippen LogP) is 3.28. The summed E-state index contributed by atoms with van der Waals surface area (Å²) in [5, 5.41) is 4.35. The van der Waals surface area contributed by atoms with Crippen LogP contribution in [0.2, 0.25) is 0 Å². The average Bonchev–Trinajstić information content (AvgIpc) is 3.07. The van der Waals surface area contributed by atoms with Gasteiger partial charge in [-0.2, -0.15) is 0 Å². The molecule has 0 saturated heterocycles. The smallest absolute Gasteiger partial charge is 0.342 e. The fraction of sp³-hybridized carbons (Fsp3) is 0.304. The predicted molar refractivity (Wildman–Crippen MR) is 109 cm³/mol. The van der Waals surface area contributed by atoms with Gasteiger partial charge in [0.25, 0.3) is 0 Å². The zero-order valence-electron chi connectivity index (χ0n) is 16.2. The van der Waals surface area contributed by atoms with E-state index in [9.17, 15) is 9.59 Å². The molecule has 0 radical (unpaired) electrons. The first-order valence-corrected chi connectivity index (χ1v) is 9.96. The molecule has 0 amide bonds. The van der Waals surface area contributed by atoms with E-state index in [0.717, 1.165) is 53.8 Å². The molecule has 3 heterocycles. The third kappa shape index (κ3) is 2.91. The van der Waals surface area contributed by atoms with Crippen LogP contribution in [-0.4, -0.2) is 36.0 Å². The van der Waals surface area contributed by atoms with Crippen molar-refractivity contribution < 1.29 is 19.1 Å². The third-order valence-corrected chi connectivity index (χ3v) is 5.75. The second-order valence-electron chi connectivity index (χ2n) is 7.47. The van der Waals surface area contributed by atoms with Gasteiger partial charge in [0.15, 0.2) is 6.61 Å². The average molecular weight is 390 g/mol. The number of hydrogen-bond acceptors (Lipinski definition) is 5. The summed E-state index contributed by atoms with van der Waals surface area (Å²) in [5.41, 5.74) is 4.09. The van der Waals surface area contributed by atoms with Gasteiger partial charge in [-0.3, -0.25) is 4.79 Å². The number of ether oxygens (including phenoxy) is 2. The first-order chi connectivity index (χ1) is 14.1. The first-order valence-electron chi connectivity index (χ1n) is 9.96. The molecule has 0 fully saturated rings. The van der Waals surface area contributed by atoms with Crippen molar-refractivity contribution in [2.45, 2.75) is 26.0 Å². The maximum atomic E-state index is 13.2. The maximum Gasteiger partial charge on any atom is 0.342 e. The molecule has 1 unspecified atom stereocenters. The number of nitrogens with zero attached hydrogens (tertiary/aromatic N) is 1. The quantitative estimate of drug-likeness (QED) is 0.547. The summed E-state index contributed by atoms with van der Waals surface area (Å²) in [6.07, 6.45) is 0.496. The van der Waals surface area contributed by atoms with Crippen molar-refractivity contribution >= 4 is 22.7 Å². The first kappa shape index (κ1) is 17.9. The van der Waals surface area contributed by atoms with Crippen LogP contribution in [-0.2, 0) is 17.7 Å². The summed E-state index contributed by atoms with van der Waals surface area (Å²) in [6, 6.07) is 13.4. The fourth-order valence-corrected chi connectivity index (χ4v) is 4.43. The molecule has 2 aromatic carbocycles. The summed E-state index contributed by atoms with van der Waals surface area (Å²) >= 11 is 0. The van der Waals surface area contributed by atoms with Gasteiger partial charge in [-0.15, -0.1) is 0 Å². The molecule has 0 saturated carbocycles. The molecular weight excluding hydrogens is 368 g/mol. The Bertz CT molecular complexity index is 1130. The number of cyclic esters (lactones) is 1. The van der Waals surface area contributed by atoms with E-state index in [-0.39, 0.29) is 18.5 Å². The number of esters is 1. The second kappa shape index (κ2) is 7.04. The molecule has 0 bridgehead atoms. The standard InChI is InChI=1S/C23H22N2O4/c1-14-15-6-4-8-20(22(15)23(27)29-14)28-13-19(26)21-16-5-2-3-7-17(16)25-12-11-24-10-9-18(21)25/h2-8,14,24H,9-13H2,1H3. The highest BCUT2D eigenvalue weighted by atomic mass is 16.6. The lowest BCUT2D eigenvalue weighted by Gasteiger charge is -2.10. The Morgan fingerprint density at radius 3 is 2.97 bits per heavy atom. The Morgan fingerprint density at radius 2 is 2.07 bits per heavy atom. The maximum absolute atomic E-state index is 13.2. The van der Waals surface area contributed by atoms with E-state index in [1.54, 1.807) is 6.07 Å². The van der Waals surface area contributed by atoms with Gasteiger partial charge in [-0.05, 0) is 19.1 Å². The van der Waals surface area contributed by atoms with Crippen LogP contribution in [0.25, 0.3) is 10.9 Å². The number of ketones is 1. The molecule has 2 aliphatic heterocycles. The highest BCUT2D eigenvalue weighted by molar-refractivity contribution is 6.10. The number of hydrogen-bond donors (Lipinski definition) is 1. The summed E-state index contributed by atoms with van der Waals surface area (Å²) in [5.74, 6) is -0.0693. The van der Waals surface area contributed by atoms with Gasteiger partial charge < -0.3 is 19.4 Å². The molecule has 0 aliphatic carbocycles. The molecule has 1 N–H and O–H groups in total. The van der Waals surface area contributed by atoms with E-state index in [2.05, 4.69) is 16.0 Å². The van der Waals surface area contributed by atoms with Gasteiger partial charge >= 0.3 is 5.97 Å². The van der Waals surface area contributed by atoms with Gasteiger partial charge in [0, 0.05) is 48.2 Å². The Morgan fingerprint density at radius 1 is 1.21 bits per heavy atom. The number of benzene rings is 2. The topological polar surface area (TPSA) is 69.6 Å². The largest absolute Gasteiger partial charge is 0.485 e. The second-order valence-corrected chi connectivity index (χ2v) is 7.47. The van der Waals surface area contributed by atoms with Crippen molar-refractivity contribution in [2.24, 2.45) is 0 Å². The molecule has 1 aromatic heterocycles. The minimum Gasteiger partial charge on any atom is -0.485 e. The van der Waals surface area contributed by atoms with Crippen LogP contribution < -0.4 is 10.1 Å². The molecule has 5 rings (SSSR count). The molecular formula is C23H22N2O4. The van der Waals surface area contributed by atoms with Gasteiger partial charge in [0.1, 0.15) is 17.4 Å².